The van der Waals surface area contributed by atoms with Crippen molar-refractivity contribution in [3.63, 3.8) is 0 Å². The van der Waals surface area contributed by atoms with Gasteiger partial charge in [-0.05, 0) is 66.8 Å². The van der Waals surface area contributed by atoms with Crippen molar-refractivity contribution in [1.82, 2.24) is 4.98 Å². The molecule has 2 aromatic carbocycles. The maximum absolute atomic E-state index is 12.6. The second-order valence-electron chi connectivity index (χ2n) is 8.16. The van der Waals surface area contributed by atoms with Gasteiger partial charge in [0.25, 0.3) is 0 Å². The number of carbonyl (C=O) groups is 1. The summed E-state index contributed by atoms with van der Waals surface area (Å²) in [5, 5.41) is 3.80. The number of halogens is 3. The van der Waals surface area contributed by atoms with E-state index in [1.807, 2.05) is 30.3 Å². The molecule has 1 amide bonds. The Morgan fingerprint density at radius 3 is 2.58 bits per heavy atom. The molecule has 1 saturated heterocycles. The van der Waals surface area contributed by atoms with E-state index >= 15 is 0 Å². The number of rotatable bonds is 5. The van der Waals surface area contributed by atoms with Gasteiger partial charge in [0.05, 0.1) is 11.1 Å². The second-order valence-corrected chi connectivity index (χ2v) is 8.16. The molecular formula is C24H24F3N3O. The molecule has 0 radical (unpaired) electrons. The Balaban J connectivity index is 1.36. The Hall–Kier alpha value is -3.09. The van der Waals surface area contributed by atoms with Crippen LogP contribution in [0.1, 0.15) is 30.9 Å². The summed E-state index contributed by atoms with van der Waals surface area (Å²) in [6.45, 7) is 4.28. The third-order valence-electron chi connectivity index (χ3n) is 5.63. The highest BCUT2D eigenvalue weighted by molar-refractivity contribution is 5.94. The molecule has 1 fully saturated rings. The molecule has 1 atom stereocenters. The summed E-state index contributed by atoms with van der Waals surface area (Å²) in [5.74, 6) is 1.47. The molecule has 31 heavy (non-hydrogen) atoms. The Morgan fingerprint density at radius 1 is 1.13 bits per heavy atom. The molecule has 1 aliphatic rings. The number of hydrogen-bond donors (Lipinski definition) is 1. The average molecular weight is 427 g/mol. The van der Waals surface area contributed by atoms with Crippen LogP contribution in [0.3, 0.4) is 0 Å². The molecule has 0 aliphatic carbocycles. The molecule has 4 nitrogen and oxygen atoms in total. The van der Waals surface area contributed by atoms with Crippen molar-refractivity contribution in [2.24, 2.45) is 5.92 Å². The number of nitrogens with zero attached hydrogens (tertiary/aromatic N) is 2. The Kier molecular flexibility index (Phi) is 5.85. The lowest BCUT2D eigenvalue weighted by molar-refractivity contribution is -0.137. The minimum absolute atomic E-state index is 0.185. The van der Waals surface area contributed by atoms with Crippen molar-refractivity contribution >= 4 is 28.3 Å². The number of benzene rings is 2. The molecule has 3 aromatic rings. The standard InChI is InChI=1S/C24H24F3N3O/c1-16-12-13-30(15-16)22-10-5-18-14-20(8-9-21(18)29-22)28-23(31)11-4-17-2-6-19(7-3-17)24(25,26)27/h2-3,5-10,14,16H,4,11-13,15H2,1H3,(H,28,31)/t16-/m1/s1. The molecule has 0 bridgehead atoms. The van der Waals surface area contributed by atoms with Crippen molar-refractivity contribution < 1.29 is 18.0 Å². The van der Waals surface area contributed by atoms with Gasteiger partial charge in [0.1, 0.15) is 5.82 Å². The van der Waals surface area contributed by atoms with Crippen molar-refractivity contribution in [2.75, 3.05) is 23.3 Å². The third kappa shape index (κ3) is 5.16. The summed E-state index contributed by atoms with van der Waals surface area (Å²) < 4.78 is 37.9. The summed E-state index contributed by atoms with van der Waals surface area (Å²) in [4.78, 5) is 19.3. The number of alkyl halides is 3. The number of aromatic nitrogens is 1. The van der Waals surface area contributed by atoms with Crippen LogP contribution >= 0.6 is 0 Å². The van der Waals surface area contributed by atoms with Crippen LogP contribution in [0.25, 0.3) is 10.9 Å². The van der Waals surface area contributed by atoms with Gasteiger partial charge in [-0.25, -0.2) is 4.98 Å². The Morgan fingerprint density at radius 2 is 1.90 bits per heavy atom. The summed E-state index contributed by atoms with van der Waals surface area (Å²) in [6.07, 6.45) is -2.61. The average Bonchev–Trinajstić information content (AvgIpc) is 3.18. The lowest BCUT2D eigenvalue weighted by Crippen LogP contribution is -2.20. The molecule has 0 saturated carbocycles. The molecular weight excluding hydrogens is 403 g/mol. The van der Waals surface area contributed by atoms with E-state index in [4.69, 9.17) is 4.98 Å². The molecule has 1 aliphatic heterocycles. The Bertz CT molecular complexity index is 1080. The first kappa shape index (κ1) is 21.2. The topological polar surface area (TPSA) is 45.2 Å². The van der Waals surface area contributed by atoms with E-state index in [1.165, 1.54) is 18.6 Å². The maximum Gasteiger partial charge on any atom is 0.416 e. The number of fused-ring (bicyclic) bond motifs is 1. The van der Waals surface area contributed by atoms with Crippen molar-refractivity contribution in [3.8, 4) is 0 Å². The maximum atomic E-state index is 12.6. The molecule has 162 valence electrons. The quantitative estimate of drug-likeness (QED) is 0.571. The highest BCUT2D eigenvalue weighted by atomic mass is 19.4. The molecule has 1 N–H and O–H groups in total. The summed E-state index contributed by atoms with van der Waals surface area (Å²) in [5.41, 5.74) is 1.55. The largest absolute Gasteiger partial charge is 0.416 e. The number of hydrogen-bond acceptors (Lipinski definition) is 3. The molecule has 0 spiro atoms. The monoisotopic (exact) mass is 427 g/mol. The van der Waals surface area contributed by atoms with E-state index in [0.717, 1.165) is 41.9 Å². The van der Waals surface area contributed by atoms with Crippen LogP contribution < -0.4 is 10.2 Å². The lowest BCUT2D eigenvalue weighted by atomic mass is 10.1. The van der Waals surface area contributed by atoms with Crippen molar-refractivity contribution in [2.45, 2.75) is 32.4 Å². The smallest absolute Gasteiger partial charge is 0.356 e. The molecule has 1 aromatic heterocycles. The number of amides is 1. The third-order valence-corrected chi connectivity index (χ3v) is 5.63. The fraction of sp³-hybridized carbons (Fsp3) is 0.333. The minimum Gasteiger partial charge on any atom is -0.356 e. The molecule has 2 heterocycles. The fourth-order valence-corrected chi connectivity index (χ4v) is 3.85. The zero-order valence-corrected chi connectivity index (χ0v) is 17.2. The number of carbonyl (C=O) groups excluding carboxylic acids is 1. The molecule has 0 unspecified atom stereocenters. The lowest BCUT2D eigenvalue weighted by Gasteiger charge is -2.17. The van der Waals surface area contributed by atoms with Crippen molar-refractivity contribution in [1.29, 1.82) is 0 Å². The number of nitrogens with one attached hydrogen (secondary N) is 1. The fourth-order valence-electron chi connectivity index (χ4n) is 3.85. The summed E-state index contributed by atoms with van der Waals surface area (Å²) in [6, 6.07) is 14.5. The predicted octanol–water partition coefficient (Wildman–Crippen LogP) is 5.67. The number of pyridine rings is 1. The van der Waals surface area contributed by atoms with E-state index < -0.39 is 11.7 Å². The first-order chi connectivity index (χ1) is 14.8. The van der Waals surface area contributed by atoms with Crippen LogP contribution in [0.15, 0.2) is 54.6 Å². The highest BCUT2D eigenvalue weighted by Crippen LogP contribution is 2.29. The van der Waals surface area contributed by atoms with Gasteiger partial charge in [0.15, 0.2) is 0 Å². The first-order valence-electron chi connectivity index (χ1n) is 10.4. The van der Waals surface area contributed by atoms with E-state index in [9.17, 15) is 18.0 Å². The SMILES string of the molecule is C[C@@H]1CCN(c2ccc3cc(NC(=O)CCc4ccc(C(F)(F)F)cc4)ccc3n2)C1. The van der Waals surface area contributed by atoms with Gasteiger partial charge in [-0.3, -0.25) is 4.79 Å². The Labute approximate surface area is 179 Å². The normalized spacial score (nSPS) is 16.6. The summed E-state index contributed by atoms with van der Waals surface area (Å²) in [7, 11) is 0. The van der Waals surface area contributed by atoms with Crippen LogP contribution in [0.5, 0.6) is 0 Å². The van der Waals surface area contributed by atoms with Crippen LogP contribution in [-0.2, 0) is 17.4 Å². The second kappa shape index (κ2) is 8.57. The van der Waals surface area contributed by atoms with Gasteiger partial charge in [-0.2, -0.15) is 13.2 Å². The predicted molar refractivity (Wildman–Crippen MR) is 116 cm³/mol. The van der Waals surface area contributed by atoms with Gasteiger partial charge in [-0.1, -0.05) is 19.1 Å². The van der Waals surface area contributed by atoms with Gasteiger partial charge in [0, 0.05) is 30.6 Å². The van der Waals surface area contributed by atoms with E-state index in [1.54, 1.807) is 0 Å². The zero-order valence-electron chi connectivity index (χ0n) is 17.2. The van der Waals surface area contributed by atoms with E-state index in [2.05, 4.69) is 17.1 Å². The van der Waals surface area contributed by atoms with Gasteiger partial charge in [0.2, 0.25) is 5.91 Å². The zero-order chi connectivity index (χ0) is 22.0. The molecule has 4 rings (SSSR count). The van der Waals surface area contributed by atoms with Gasteiger partial charge >= 0.3 is 6.18 Å². The number of anilines is 2. The summed E-state index contributed by atoms with van der Waals surface area (Å²) >= 11 is 0. The molecule has 7 heteroatoms. The van der Waals surface area contributed by atoms with Crippen LogP contribution in [-0.4, -0.2) is 24.0 Å². The van der Waals surface area contributed by atoms with E-state index in [-0.39, 0.29) is 12.3 Å². The van der Waals surface area contributed by atoms with Crippen LogP contribution in [0, 0.1) is 5.92 Å². The minimum atomic E-state index is -4.35. The highest BCUT2D eigenvalue weighted by Gasteiger charge is 2.29. The van der Waals surface area contributed by atoms with Crippen molar-refractivity contribution in [3.05, 3.63) is 65.7 Å². The van der Waals surface area contributed by atoms with Gasteiger partial charge < -0.3 is 10.2 Å². The number of aryl methyl sites for hydroxylation is 1. The van der Waals surface area contributed by atoms with Crippen LogP contribution in [0.2, 0.25) is 0 Å². The van der Waals surface area contributed by atoms with E-state index in [0.29, 0.717) is 23.6 Å². The first-order valence-corrected chi connectivity index (χ1v) is 10.4. The van der Waals surface area contributed by atoms with Crippen LogP contribution in [0.4, 0.5) is 24.7 Å². The van der Waals surface area contributed by atoms with Gasteiger partial charge in [-0.15, -0.1) is 0 Å².